The number of benzene rings is 2. The number of hydrogen-bond acceptors (Lipinski definition) is 5. The summed E-state index contributed by atoms with van der Waals surface area (Å²) in [5.41, 5.74) is 2.05. The fourth-order valence-electron chi connectivity index (χ4n) is 3.22. The number of hydrogen-bond donors (Lipinski definition) is 2. The van der Waals surface area contributed by atoms with E-state index in [4.69, 9.17) is 0 Å². The highest BCUT2D eigenvalue weighted by atomic mass is 16.3. The van der Waals surface area contributed by atoms with Gasteiger partial charge in [-0.25, -0.2) is 4.98 Å². The summed E-state index contributed by atoms with van der Waals surface area (Å²) < 4.78 is 1.39. The van der Waals surface area contributed by atoms with Crippen molar-refractivity contribution >= 4 is 17.5 Å². The standard InChI is InChI=1S/C21H20N4O3/c1-14-7-9-15(10-8-14)13-22-19(27)17-18(26)20(28)25-12-11-24(21(25)23-17)16-5-3-2-4-6-16/h2-10,26H,11-13H2,1H3,(H,22,27). The molecular formula is C21H20N4O3. The minimum atomic E-state index is -0.625. The number of rotatable bonds is 4. The number of aromatic nitrogens is 2. The molecule has 0 saturated carbocycles. The maximum Gasteiger partial charge on any atom is 0.298 e. The van der Waals surface area contributed by atoms with E-state index < -0.39 is 17.2 Å². The molecular weight excluding hydrogens is 356 g/mol. The van der Waals surface area contributed by atoms with Gasteiger partial charge in [0.2, 0.25) is 11.7 Å². The topological polar surface area (TPSA) is 87.5 Å². The second kappa shape index (κ2) is 7.19. The molecule has 2 heterocycles. The molecule has 28 heavy (non-hydrogen) atoms. The van der Waals surface area contributed by atoms with Gasteiger partial charge in [-0.2, -0.15) is 0 Å². The lowest BCUT2D eigenvalue weighted by molar-refractivity contribution is 0.0942. The van der Waals surface area contributed by atoms with E-state index in [2.05, 4.69) is 10.3 Å². The first kappa shape index (κ1) is 17.8. The van der Waals surface area contributed by atoms with Crippen molar-refractivity contribution in [3.63, 3.8) is 0 Å². The molecule has 7 nitrogen and oxygen atoms in total. The lowest BCUT2D eigenvalue weighted by Crippen LogP contribution is -2.29. The SMILES string of the molecule is Cc1ccc(CNC(=O)c2nc3n(c(=O)c2O)CCN3c2ccccc2)cc1. The molecule has 3 aromatic rings. The second-order valence-corrected chi connectivity index (χ2v) is 6.72. The second-order valence-electron chi connectivity index (χ2n) is 6.72. The molecule has 0 unspecified atom stereocenters. The summed E-state index contributed by atoms with van der Waals surface area (Å²) in [5.74, 6) is -0.854. The third kappa shape index (κ3) is 3.22. The zero-order valence-corrected chi connectivity index (χ0v) is 15.4. The van der Waals surface area contributed by atoms with Crippen LogP contribution < -0.4 is 15.8 Å². The van der Waals surface area contributed by atoms with Crippen LogP contribution in [-0.2, 0) is 13.1 Å². The molecule has 0 atom stereocenters. The van der Waals surface area contributed by atoms with Gasteiger partial charge in [0.25, 0.3) is 11.5 Å². The molecule has 2 aromatic carbocycles. The molecule has 0 spiro atoms. The quantitative estimate of drug-likeness (QED) is 0.730. The largest absolute Gasteiger partial charge is 0.501 e. The number of carbonyl (C=O) groups excluding carboxylic acids is 1. The van der Waals surface area contributed by atoms with Gasteiger partial charge in [0.15, 0.2) is 5.69 Å². The normalized spacial score (nSPS) is 12.7. The van der Waals surface area contributed by atoms with Crippen LogP contribution in [0.5, 0.6) is 5.75 Å². The molecule has 1 aromatic heterocycles. The van der Waals surface area contributed by atoms with Crippen molar-refractivity contribution in [2.75, 3.05) is 11.4 Å². The molecule has 0 saturated heterocycles. The maximum atomic E-state index is 12.6. The molecule has 2 N–H and O–H groups in total. The van der Waals surface area contributed by atoms with Gasteiger partial charge in [-0.1, -0.05) is 48.0 Å². The van der Waals surface area contributed by atoms with Gasteiger partial charge in [0.05, 0.1) is 0 Å². The number of amides is 1. The van der Waals surface area contributed by atoms with Gasteiger partial charge in [-0.05, 0) is 24.6 Å². The van der Waals surface area contributed by atoms with Crippen molar-refractivity contribution in [1.29, 1.82) is 0 Å². The summed E-state index contributed by atoms with van der Waals surface area (Å²) in [5, 5.41) is 13.0. The van der Waals surface area contributed by atoms with E-state index in [9.17, 15) is 14.7 Å². The Labute approximate surface area is 161 Å². The molecule has 0 bridgehead atoms. The fourth-order valence-corrected chi connectivity index (χ4v) is 3.22. The number of nitrogens with zero attached hydrogens (tertiary/aromatic N) is 3. The summed E-state index contributed by atoms with van der Waals surface area (Å²) in [6.45, 7) is 3.21. The Bertz CT molecular complexity index is 1080. The molecule has 1 aliphatic rings. The van der Waals surface area contributed by atoms with Crippen molar-refractivity contribution in [2.45, 2.75) is 20.0 Å². The molecule has 0 aliphatic carbocycles. The van der Waals surface area contributed by atoms with E-state index in [1.165, 1.54) is 4.57 Å². The summed E-state index contributed by atoms with van der Waals surface area (Å²) in [6.07, 6.45) is 0. The number of fused-ring (bicyclic) bond motifs is 1. The van der Waals surface area contributed by atoms with Crippen LogP contribution in [0.2, 0.25) is 0 Å². The number of aryl methyl sites for hydroxylation is 1. The molecule has 0 fully saturated rings. The Hall–Kier alpha value is -3.61. The Kier molecular flexibility index (Phi) is 4.57. The van der Waals surface area contributed by atoms with Gasteiger partial charge in [-0.3, -0.25) is 14.2 Å². The average Bonchev–Trinajstić information content (AvgIpc) is 3.15. The maximum absolute atomic E-state index is 12.6. The van der Waals surface area contributed by atoms with Gasteiger partial charge in [0.1, 0.15) is 0 Å². The highest BCUT2D eigenvalue weighted by Crippen LogP contribution is 2.28. The van der Waals surface area contributed by atoms with E-state index in [1.54, 1.807) is 0 Å². The zero-order chi connectivity index (χ0) is 19.7. The summed E-state index contributed by atoms with van der Waals surface area (Å²) in [7, 11) is 0. The van der Waals surface area contributed by atoms with Crippen LogP contribution >= 0.6 is 0 Å². The highest BCUT2D eigenvalue weighted by Gasteiger charge is 2.28. The Morgan fingerprint density at radius 2 is 1.82 bits per heavy atom. The smallest absolute Gasteiger partial charge is 0.298 e. The van der Waals surface area contributed by atoms with Crippen LogP contribution in [0.1, 0.15) is 21.6 Å². The highest BCUT2D eigenvalue weighted by molar-refractivity contribution is 5.95. The first-order valence-corrected chi connectivity index (χ1v) is 9.05. The fraction of sp³-hybridized carbons (Fsp3) is 0.190. The number of nitrogens with one attached hydrogen (secondary N) is 1. The molecule has 0 radical (unpaired) electrons. The van der Waals surface area contributed by atoms with Crippen molar-refractivity contribution < 1.29 is 9.90 Å². The van der Waals surface area contributed by atoms with Crippen LogP contribution in [0.4, 0.5) is 11.6 Å². The van der Waals surface area contributed by atoms with Gasteiger partial charge >= 0.3 is 0 Å². The molecule has 142 valence electrons. The first-order chi connectivity index (χ1) is 13.5. The van der Waals surface area contributed by atoms with E-state index in [1.807, 2.05) is 66.4 Å². The van der Waals surface area contributed by atoms with E-state index in [-0.39, 0.29) is 12.2 Å². The lowest BCUT2D eigenvalue weighted by Gasteiger charge is -2.18. The molecule has 4 rings (SSSR count). The summed E-state index contributed by atoms with van der Waals surface area (Å²) >= 11 is 0. The van der Waals surface area contributed by atoms with Crippen LogP contribution in [0.15, 0.2) is 59.4 Å². The van der Waals surface area contributed by atoms with Crippen LogP contribution in [0, 0.1) is 6.92 Å². The monoisotopic (exact) mass is 376 g/mol. The number of aromatic hydroxyl groups is 1. The minimum absolute atomic E-state index is 0.258. The Balaban J connectivity index is 1.63. The lowest BCUT2D eigenvalue weighted by atomic mass is 10.1. The predicted octanol–water partition coefficient (Wildman–Crippen LogP) is 2.34. The first-order valence-electron chi connectivity index (χ1n) is 9.05. The van der Waals surface area contributed by atoms with E-state index in [0.717, 1.165) is 16.8 Å². The van der Waals surface area contributed by atoms with Crippen molar-refractivity contribution in [3.05, 3.63) is 81.8 Å². The van der Waals surface area contributed by atoms with Gasteiger partial charge in [-0.15, -0.1) is 0 Å². The number of carbonyl (C=O) groups is 1. The predicted molar refractivity (Wildman–Crippen MR) is 106 cm³/mol. The average molecular weight is 376 g/mol. The van der Waals surface area contributed by atoms with Crippen molar-refractivity contribution in [3.8, 4) is 5.75 Å². The van der Waals surface area contributed by atoms with E-state index >= 15 is 0 Å². The van der Waals surface area contributed by atoms with Crippen LogP contribution in [0.25, 0.3) is 0 Å². The minimum Gasteiger partial charge on any atom is -0.501 e. The van der Waals surface area contributed by atoms with Gasteiger partial charge < -0.3 is 15.3 Å². The van der Waals surface area contributed by atoms with Crippen LogP contribution in [-0.4, -0.2) is 27.1 Å². The zero-order valence-electron chi connectivity index (χ0n) is 15.4. The van der Waals surface area contributed by atoms with Crippen molar-refractivity contribution in [2.24, 2.45) is 0 Å². The number of anilines is 2. The Morgan fingerprint density at radius 1 is 1.11 bits per heavy atom. The van der Waals surface area contributed by atoms with Crippen molar-refractivity contribution in [1.82, 2.24) is 14.9 Å². The third-order valence-corrected chi connectivity index (χ3v) is 4.77. The Morgan fingerprint density at radius 3 is 2.54 bits per heavy atom. The molecule has 1 amide bonds. The summed E-state index contributed by atoms with van der Waals surface area (Å²) in [6, 6.07) is 17.2. The van der Waals surface area contributed by atoms with E-state index in [0.29, 0.717) is 19.0 Å². The third-order valence-electron chi connectivity index (χ3n) is 4.77. The number of para-hydroxylation sites is 1. The molecule has 1 aliphatic heterocycles. The van der Waals surface area contributed by atoms with Crippen LogP contribution in [0.3, 0.4) is 0 Å². The molecule has 7 heteroatoms. The summed E-state index contributed by atoms with van der Waals surface area (Å²) in [4.78, 5) is 31.3. The van der Waals surface area contributed by atoms with Gasteiger partial charge in [0, 0.05) is 25.3 Å².